The van der Waals surface area contributed by atoms with Gasteiger partial charge in [0.1, 0.15) is 0 Å². The number of amides is 1. The Bertz CT molecular complexity index is 202. The fourth-order valence-corrected chi connectivity index (χ4v) is 1.94. The molecule has 0 aliphatic carbocycles. The van der Waals surface area contributed by atoms with E-state index in [1.54, 1.807) is 7.05 Å². The van der Waals surface area contributed by atoms with Gasteiger partial charge in [-0.1, -0.05) is 34.6 Å². The van der Waals surface area contributed by atoms with Gasteiger partial charge in [0, 0.05) is 13.1 Å². The van der Waals surface area contributed by atoms with Crippen LogP contribution in [0.25, 0.3) is 0 Å². The van der Waals surface area contributed by atoms with E-state index in [2.05, 4.69) is 45.3 Å². The van der Waals surface area contributed by atoms with Crippen LogP contribution in [-0.2, 0) is 4.79 Å². The summed E-state index contributed by atoms with van der Waals surface area (Å²) in [5, 5.41) is 6.21. The van der Waals surface area contributed by atoms with Crippen LogP contribution in [0.1, 0.15) is 47.5 Å². The van der Waals surface area contributed by atoms with Gasteiger partial charge in [-0.05, 0) is 24.7 Å². The van der Waals surface area contributed by atoms with Gasteiger partial charge in [-0.25, -0.2) is 0 Å². The van der Waals surface area contributed by atoms with E-state index in [0.717, 1.165) is 12.8 Å². The Morgan fingerprint density at radius 2 is 1.75 bits per heavy atom. The zero-order chi connectivity index (χ0) is 12.7. The maximum absolute atomic E-state index is 11.7. The second kappa shape index (κ2) is 7.66. The van der Waals surface area contributed by atoms with Crippen LogP contribution >= 0.6 is 0 Å². The minimum atomic E-state index is -0.0580. The van der Waals surface area contributed by atoms with Crippen molar-refractivity contribution in [1.29, 1.82) is 0 Å². The summed E-state index contributed by atoms with van der Waals surface area (Å²) in [4.78, 5) is 11.7. The van der Waals surface area contributed by atoms with Crippen molar-refractivity contribution in [3.63, 3.8) is 0 Å². The maximum atomic E-state index is 11.7. The summed E-state index contributed by atoms with van der Waals surface area (Å²) in [5.41, 5.74) is 0. The van der Waals surface area contributed by atoms with E-state index in [-0.39, 0.29) is 11.9 Å². The first-order chi connectivity index (χ1) is 7.42. The number of carbonyl (C=O) groups excluding carboxylic acids is 1. The lowest BCUT2D eigenvalue weighted by atomic mass is 9.97. The number of rotatable bonds is 7. The fourth-order valence-electron chi connectivity index (χ4n) is 1.94. The largest absolute Gasteiger partial charge is 0.358 e. The highest BCUT2D eigenvalue weighted by molar-refractivity contribution is 5.81. The topological polar surface area (TPSA) is 41.1 Å². The summed E-state index contributed by atoms with van der Waals surface area (Å²) in [6, 6.07) is 0.360. The first-order valence-corrected chi connectivity index (χ1v) is 6.39. The zero-order valence-electron chi connectivity index (χ0n) is 11.6. The lowest BCUT2D eigenvalue weighted by molar-refractivity contribution is -0.123. The van der Waals surface area contributed by atoms with Crippen molar-refractivity contribution in [3.8, 4) is 0 Å². The SMILES string of the molecule is CCC(NC(CC(C)C)C(=O)NC)C(C)C. The molecule has 2 atom stereocenters. The van der Waals surface area contributed by atoms with Gasteiger partial charge in [0.15, 0.2) is 0 Å². The van der Waals surface area contributed by atoms with Crippen molar-refractivity contribution in [2.24, 2.45) is 11.8 Å². The Morgan fingerprint density at radius 1 is 1.19 bits per heavy atom. The van der Waals surface area contributed by atoms with Crippen LogP contribution in [0.5, 0.6) is 0 Å². The van der Waals surface area contributed by atoms with Crippen molar-refractivity contribution in [3.05, 3.63) is 0 Å². The predicted octanol–water partition coefficient (Wildman–Crippen LogP) is 2.17. The zero-order valence-corrected chi connectivity index (χ0v) is 11.6. The summed E-state index contributed by atoms with van der Waals surface area (Å²) in [6.07, 6.45) is 1.95. The quantitative estimate of drug-likeness (QED) is 0.701. The molecule has 96 valence electrons. The van der Waals surface area contributed by atoms with E-state index in [9.17, 15) is 4.79 Å². The van der Waals surface area contributed by atoms with Gasteiger partial charge in [0.25, 0.3) is 0 Å². The molecule has 0 bridgehead atoms. The molecule has 2 N–H and O–H groups in total. The van der Waals surface area contributed by atoms with E-state index >= 15 is 0 Å². The molecule has 0 aromatic rings. The Morgan fingerprint density at radius 3 is 2.06 bits per heavy atom. The number of hydrogen-bond donors (Lipinski definition) is 2. The smallest absolute Gasteiger partial charge is 0.236 e. The summed E-state index contributed by atoms with van der Waals surface area (Å²) in [7, 11) is 1.70. The minimum absolute atomic E-state index is 0.0580. The third-order valence-corrected chi connectivity index (χ3v) is 2.93. The second-order valence-electron chi connectivity index (χ2n) is 5.22. The van der Waals surface area contributed by atoms with Crippen molar-refractivity contribution < 1.29 is 4.79 Å². The lowest BCUT2D eigenvalue weighted by Gasteiger charge is -2.27. The third-order valence-electron chi connectivity index (χ3n) is 2.93. The van der Waals surface area contributed by atoms with E-state index in [1.165, 1.54) is 0 Å². The lowest BCUT2D eigenvalue weighted by Crippen LogP contribution is -2.49. The van der Waals surface area contributed by atoms with Gasteiger partial charge in [0.05, 0.1) is 6.04 Å². The standard InChI is InChI=1S/C13H28N2O/c1-7-11(10(4)5)15-12(8-9(2)3)13(16)14-6/h9-12,15H,7-8H2,1-6H3,(H,14,16). The monoisotopic (exact) mass is 228 g/mol. The Kier molecular flexibility index (Phi) is 7.39. The van der Waals surface area contributed by atoms with Crippen LogP contribution in [0.15, 0.2) is 0 Å². The van der Waals surface area contributed by atoms with Crippen molar-refractivity contribution in [2.75, 3.05) is 7.05 Å². The molecule has 0 heterocycles. The van der Waals surface area contributed by atoms with Gasteiger partial charge >= 0.3 is 0 Å². The Labute approximate surface area is 100 Å². The Hall–Kier alpha value is -0.570. The third kappa shape index (κ3) is 5.50. The van der Waals surface area contributed by atoms with Crippen molar-refractivity contribution in [1.82, 2.24) is 10.6 Å². The molecule has 0 fully saturated rings. The molecule has 0 aromatic heterocycles. The molecule has 0 aromatic carbocycles. The number of hydrogen-bond acceptors (Lipinski definition) is 2. The fraction of sp³-hybridized carbons (Fsp3) is 0.923. The molecule has 0 rings (SSSR count). The molecule has 2 unspecified atom stereocenters. The Balaban J connectivity index is 4.45. The summed E-state index contributed by atoms with van der Waals surface area (Å²) in [6.45, 7) is 10.8. The molecule has 0 saturated carbocycles. The molecule has 16 heavy (non-hydrogen) atoms. The van der Waals surface area contributed by atoms with E-state index < -0.39 is 0 Å². The van der Waals surface area contributed by atoms with E-state index in [0.29, 0.717) is 17.9 Å². The molecule has 3 nitrogen and oxygen atoms in total. The van der Waals surface area contributed by atoms with Gasteiger partial charge < -0.3 is 10.6 Å². The van der Waals surface area contributed by atoms with E-state index in [4.69, 9.17) is 0 Å². The average molecular weight is 228 g/mol. The molecule has 3 heteroatoms. The number of carbonyl (C=O) groups is 1. The normalized spacial score (nSPS) is 15.2. The first-order valence-electron chi connectivity index (χ1n) is 6.39. The molecule has 0 radical (unpaired) electrons. The van der Waals surface area contributed by atoms with Crippen molar-refractivity contribution in [2.45, 2.75) is 59.5 Å². The molecule has 0 aliphatic heterocycles. The van der Waals surface area contributed by atoms with Gasteiger partial charge in [0.2, 0.25) is 5.91 Å². The highest BCUT2D eigenvalue weighted by atomic mass is 16.2. The summed E-state index contributed by atoms with van der Waals surface area (Å²) in [5.74, 6) is 1.19. The van der Waals surface area contributed by atoms with Gasteiger partial charge in [-0.2, -0.15) is 0 Å². The van der Waals surface area contributed by atoms with Crippen LogP contribution < -0.4 is 10.6 Å². The predicted molar refractivity (Wildman–Crippen MR) is 69.4 cm³/mol. The summed E-state index contributed by atoms with van der Waals surface area (Å²) < 4.78 is 0. The average Bonchev–Trinajstić information content (AvgIpc) is 2.21. The number of nitrogens with one attached hydrogen (secondary N) is 2. The minimum Gasteiger partial charge on any atom is -0.358 e. The van der Waals surface area contributed by atoms with Gasteiger partial charge in [-0.15, -0.1) is 0 Å². The van der Waals surface area contributed by atoms with Gasteiger partial charge in [-0.3, -0.25) is 4.79 Å². The van der Waals surface area contributed by atoms with Crippen LogP contribution in [0.4, 0.5) is 0 Å². The molecule has 1 amide bonds. The highest BCUT2D eigenvalue weighted by Gasteiger charge is 2.22. The molecule has 0 spiro atoms. The van der Waals surface area contributed by atoms with E-state index in [1.807, 2.05) is 0 Å². The molecule has 0 saturated heterocycles. The number of likely N-dealkylation sites (N-methyl/N-ethyl adjacent to an activating group) is 1. The summed E-state index contributed by atoms with van der Waals surface area (Å²) >= 11 is 0. The molecule has 0 aliphatic rings. The first kappa shape index (κ1) is 15.4. The van der Waals surface area contributed by atoms with Crippen LogP contribution in [0, 0.1) is 11.8 Å². The second-order valence-corrected chi connectivity index (χ2v) is 5.22. The van der Waals surface area contributed by atoms with Crippen LogP contribution in [-0.4, -0.2) is 25.0 Å². The highest BCUT2D eigenvalue weighted by Crippen LogP contribution is 2.11. The van der Waals surface area contributed by atoms with Crippen LogP contribution in [0.3, 0.4) is 0 Å². The molecular formula is C13H28N2O. The van der Waals surface area contributed by atoms with Crippen LogP contribution in [0.2, 0.25) is 0 Å². The molecular weight excluding hydrogens is 200 g/mol. The maximum Gasteiger partial charge on any atom is 0.236 e. The van der Waals surface area contributed by atoms with Crippen molar-refractivity contribution >= 4 is 5.91 Å².